The van der Waals surface area contributed by atoms with E-state index in [9.17, 15) is 39.4 Å². The van der Waals surface area contributed by atoms with Crippen LogP contribution in [0.3, 0.4) is 0 Å². The molecule has 12 heteroatoms. The molecule has 0 aliphatic carbocycles. The first-order valence-corrected chi connectivity index (χ1v) is 12.4. The number of carbonyl (C=O) groups is 4. The van der Waals surface area contributed by atoms with Gasteiger partial charge in [0.15, 0.2) is 6.10 Å². The number of non-ortho nitro benzene ring substituents is 2. The number of hydrogen-bond acceptors (Lipinski definition) is 9. The summed E-state index contributed by atoms with van der Waals surface area (Å²) in [5.41, 5.74) is 0.287. The minimum Gasteiger partial charge on any atom is -0.445 e. The summed E-state index contributed by atoms with van der Waals surface area (Å²) in [6.07, 6.45) is -1.47. The minimum atomic E-state index is -1.47. The summed E-state index contributed by atoms with van der Waals surface area (Å²) in [6.45, 7) is 1.52. The molecule has 2 amide bonds. The van der Waals surface area contributed by atoms with E-state index in [4.69, 9.17) is 4.74 Å². The van der Waals surface area contributed by atoms with Crippen LogP contribution in [0.1, 0.15) is 58.7 Å². The Kier molecular flexibility index (Phi) is 7.11. The van der Waals surface area contributed by atoms with E-state index >= 15 is 0 Å². The molecule has 1 atom stereocenters. The number of hydrogen-bond donors (Lipinski definition) is 0. The van der Waals surface area contributed by atoms with E-state index in [2.05, 4.69) is 0 Å². The molecule has 1 heterocycles. The number of nitrogens with zero attached hydrogens (tertiary/aromatic N) is 3. The third-order valence-electron chi connectivity index (χ3n) is 6.68. The van der Waals surface area contributed by atoms with Gasteiger partial charge in [-0.15, -0.1) is 0 Å². The third-order valence-corrected chi connectivity index (χ3v) is 6.68. The Morgan fingerprint density at radius 2 is 1.36 bits per heavy atom. The number of anilines is 1. The van der Waals surface area contributed by atoms with Gasteiger partial charge in [-0.3, -0.25) is 34.6 Å². The summed E-state index contributed by atoms with van der Waals surface area (Å²) >= 11 is 0. The van der Waals surface area contributed by atoms with Gasteiger partial charge in [-0.05, 0) is 48.9 Å². The van der Waals surface area contributed by atoms with Gasteiger partial charge in [0.1, 0.15) is 0 Å². The summed E-state index contributed by atoms with van der Waals surface area (Å²) in [7, 11) is 0. The molecule has 0 bridgehead atoms. The van der Waals surface area contributed by atoms with E-state index in [0.29, 0.717) is 5.56 Å². The van der Waals surface area contributed by atoms with Crippen molar-refractivity contribution in [3.63, 3.8) is 0 Å². The molecular formula is C30H19N3O9. The van der Waals surface area contributed by atoms with Gasteiger partial charge in [-0.1, -0.05) is 30.3 Å². The predicted octanol–water partition coefficient (Wildman–Crippen LogP) is 5.39. The Morgan fingerprint density at radius 3 is 1.98 bits per heavy atom. The van der Waals surface area contributed by atoms with Crippen LogP contribution in [0.2, 0.25) is 0 Å². The molecule has 4 aromatic carbocycles. The first kappa shape index (κ1) is 27.5. The zero-order valence-electron chi connectivity index (χ0n) is 21.8. The maximum Gasteiger partial charge on any atom is 0.339 e. The molecule has 42 heavy (non-hydrogen) atoms. The van der Waals surface area contributed by atoms with Crippen LogP contribution in [-0.4, -0.2) is 33.4 Å². The number of amides is 2. The maximum absolute atomic E-state index is 13.4. The topological polar surface area (TPSA) is 167 Å². The molecule has 0 saturated heterocycles. The lowest BCUT2D eigenvalue weighted by atomic mass is 9.99. The van der Waals surface area contributed by atoms with Crippen LogP contribution < -0.4 is 4.90 Å². The summed E-state index contributed by atoms with van der Waals surface area (Å²) in [6, 6.07) is 20.5. The molecule has 0 aromatic heterocycles. The van der Waals surface area contributed by atoms with Crippen molar-refractivity contribution in [1.29, 1.82) is 0 Å². The molecule has 1 aliphatic rings. The second-order valence-corrected chi connectivity index (χ2v) is 9.30. The largest absolute Gasteiger partial charge is 0.445 e. The number of nitro benzene ring substituents is 2. The molecule has 0 unspecified atom stereocenters. The fourth-order valence-electron chi connectivity index (χ4n) is 4.56. The van der Waals surface area contributed by atoms with Gasteiger partial charge in [-0.25, -0.2) is 9.69 Å². The normalized spacial score (nSPS) is 12.9. The van der Waals surface area contributed by atoms with E-state index < -0.39 is 39.5 Å². The van der Waals surface area contributed by atoms with E-state index in [1.165, 1.54) is 79.7 Å². The number of rotatable bonds is 8. The third kappa shape index (κ3) is 4.99. The molecule has 12 nitrogen and oxygen atoms in total. The van der Waals surface area contributed by atoms with Crippen molar-refractivity contribution in [2.75, 3.05) is 4.90 Å². The highest BCUT2D eigenvalue weighted by atomic mass is 16.6. The fraction of sp³-hybridized carbons (Fsp3) is 0.0667. The smallest absolute Gasteiger partial charge is 0.339 e. The lowest BCUT2D eigenvalue weighted by molar-refractivity contribution is -0.385. The second-order valence-electron chi connectivity index (χ2n) is 9.30. The average Bonchev–Trinajstić information content (AvgIpc) is 3.24. The first-order chi connectivity index (χ1) is 20.1. The Bertz CT molecular complexity index is 1800. The molecule has 0 spiro atoms. The van der Waals surface area contributed by atoms with Gasteiger partial charge in [0.25, 0.3) is 23.2 Å². The van der Waals surface area contributed by atoms with Crippen molar-refractivity contribution in [2.24, 2.45) is 0 Å². The number of nitro groups is 2. The molecule has 0 N–H and O–H groups in total. The number of aryl methyl sites for hydroxylation is 1. The van der Waals surface area contributed by atoms with Gasteiger partial charge in [0.2, 0.25) is 5.78 Å². The quantitative estimate of drug-likeness (QED) is 0.0894. The number of ketones is 1. The zero-order chi connectivity index (χ0) is 30.1. The number of ether oxygens (including phenoxy) is 1. The van der Waals surface area contributed by atoms with Gasteiger partial charge < -0.3 is 4.74 Å². The van der Waals surface area contributed by atoms with Gasteiger partial charge in [0.05, 0.1) is 32.2 Å². The van der Waals surface area contributed by atoms with Gasteiger partial charge >= 0.3 is 5.97 Å². The minimum absolute atomic E-state index is 0.0154. The lowest BCUT2D eigenvalue weighted by Gasteiger charge is -2.18. The molecule has 0 saturated carbocycles. The molecule has 5 rings (SSSR count). The van der Waals surface area contributed by atoms with Crippen molar-refractivity contribution in [3.05, 3.63) is 145 Å². The molecule has 0 fully saturated rings. The Hall–Kier alpha value is -6.04. The van der Waals surface area contributed by atoms with E-state index in [-0.39, 0.29) is 44.9 Å². The Labute approximate surface area is 237 Å². The van der Waals surface area contributed by atoms with E-state index in [1.807, 2.05) is 0 Å². The predicted molar refractivity (Wildman–Crippen MR) is 147 cm³/mol. The zero-order valence-corrected chi connectivity index (χ0v) is 21.8. The van der Waals surface area contributed by atoms with Crippen molar-refractivity contribution in [1.82, 2.24) is 0 Å². The maximum atomic E-state index is 13.4. The van der Waals surface area contributed by atoms with Crippen LogP contribution in [-0.2, 0) is 4.74 Å². The number of benzene rings is 4. The highest BCUT2D eigenvalue weighted by Gasteiger charge is 2.38. The van der Waals surface area contributed by atoms with Crippen molar-refractivity contribution in [3.8, 4) is 0 Å². The average molecular weight is 565 g/mol. The highest BCUT2D eigenvalue weighted by molar-refractivity contribution is 6.35. The fourth-order valence-corrected chi connectivity index (χ4v) is 4.56. The molecular weight excluding hydrogens is 546 g/mol. The second kappa shape index (κ2) is 10.8. The van der Waals surface area contributed by atoms with Gasteiger partial charge in [0, 0.05) is 35.4 Å². The molecule has 4 aromatic rings. The molecule has 208 valence electrons. The van der Waals surface area contributed by atoms with Crippen LogP contribution in [0, 0.1) is 27.2 Å². The lowest BCUT2D eigenvalue weighted by Crippen LogP contribution is -2.30. The van der Waals surface area contributed by atoms with Crippen molar-refractivity contribution >= 4 is 40.6 Å². The summed E-state index contributed by atoms with van der Waals surface area (Å²) < 4.78 is 5.60. The number of fused-ring (bicyclic) bond motifs is 1. The number of carbonyl (C=O) groups excluding carboxylic acids is 4. The monoisotopic (exact) mass is 565 g/mol. The number of esters is 1. The molecule has 1 aliphatic heterocycles. The van der Waals surface area contributed by atoms with Crippen LogP contribution >= 0.6 is 0 Å². The van der Waals surface area contributed by atoms with Crippen molar-refractivity contribution < 1.29 is 33.8 Å². The van der Waals surface area contributed by atoms with Crippen LogP contribution in [0.5, 0.6) is 0 Å². The summed E-state index contributed by atoms with van der Waals surface area (Å²) in [5.74, 6) is -2.97. The Morgan fingerprint density at radius 1 is 0.738 bits per heavy atom. The standard InChI is InChI=1S/C30H19N3O9/c1-17-15-22(33(40)41)12-14-25(17)31-28(35)23-13-9-20(16-24(23)29(31)36)30(37)42-27(26(34)18-5-3-2-4-6-18)19-7-10-21(11-8-19)32(38)39/h2-16,27H,1H3/t27-/m1/s1. The van der Waals surface area contributed by atoms with Gasteiger partial charge in [-0.2, -0.15) is 0 Å². The van der Waals surface area contributed by atoms with Crippen LogP contribution in [0.25, 0.3) is 0 Å². The summed E-state index contributed by atoms with van der Waals surface area (Å²) in [4.78, 5) is 74.9. The molecule has 0 radical (unpaired) electrons. The Balaban J connectivity index is 1.45. The first-order valence-electron chi connectivity index (χ1n) is 12.4. The van der Waals surface area contributed by atoms with Crippen LogP contribution in [0.4, 0.5) is 17.1 Å². The van der Waals surface area contributed by atoms with Crippen molar-refractivity contribution in [2.45, 2.75) is 13.0 Å². The number of Topliss-reactive ketones (excluding diaryl/α,β-unsaturated/α-hetero) is 1. The highest BCUT2D eigenvalue weighted by Crippen LogP contribution is 2.33. The van der Waals surface area contributed by atoms with Crippen LogP contribution in [0.15, 0.2) is 91.0 Å². The van der Waals surface area contributed by atoms with E-state index in [1.54, 1.807) is 18.2 Å². The number of imide groups is 1. The van der Waals surface area contributed by atoms with E-state index in [0.717, 1.165) is 4.90 Å². The summed E-state index contributed by atoms with van der Waals surface area (Å²) in [5, 5.41) is 22.2. The SMILES string of the molecule is Cc1cc([N+](=O)[O-])ccc1N1C(=O)c2ccc(C(=O)O[C@@H](C(=O)c3ccccc3)c3ccc([N+](=O)[O-])cc3)cc2C1=O.